The number of carbonyl (C=O) groups is 2. The predicted octanol–water partition coefficient (Wildman–Crippen LogP) is 0.00449. The second kappa shape index (κ2) is 4.55. The maximum atomic E-state index is 10.3. The Morgan fingerprint density at radius 3 is 2.50 bits per heavy atom. The summed E-state index contributed by atoms with van der Waals surface area (Å²) in [6, 6.07) is 0. The van der Waals surface area contributed by atoms with Gasteiger partial charge in [-0.1, -0.05) is 0 Å². The summed E-state index contributed by atoms with van der Waals surface area (Å²) in [5.41, 5.74) is 0. The SMILES string of the molecule is [CH2]COC(=O)C=CC(=O)O. The Hall–Kier alpha value is -1.32. The van der Waals surface area contributed by atoms with Crippen LogP contribution >= 0.6 is 0 Å². The first kappa shape index (κ1) is 8.68. The van der Waals surface area contributed by atoms with Crippen molar-refractivity contribution in [2.24, 2.45) is 0 Å². The molecule has 0 aromatic rings. The molecule has 0 rings (SSSR count). The van der Waals surface area contributed by atoms with Gasteiger partial charge in [0.25, 0.3) is 0 Å². The molecule has 0 aromatic carbocycles. The highest BCUT2D eigenvalue weighted by Gasteiger charge is 1.94. The molecule has 1 N–H and O–H groups in total. The average molecular weight is 143 g/mol. The summed E-state index contributed by atoms with van der Waals surface area (Å²) in [6.45, 7) is 3.23. The van der Waals surface area contributed by atoms with Gasteiger partial charge < -0.3 is 9.84 Å². The van der Waals surface area contributed by atoms with Gasteiger partial charge in [0.05, 0.1) is 6.61 Å². The summed E-state index contributed by atoms with van der Waals surface area (Å²) in [6.07, 6.45) is 1.53. The third kappa shape index (κ3) is 4.83. The van der Waals surface area contributed by atoms with Gasteiger partial charge in [0.2, 0.25) is 0 Å². The van der Waals surface area contributed by atoms with Gasteiger partial charge in [-0.2, -0.15) is 0 Å². The molecule has 0 amide bonds. The van der Waals surface area contributed by atoms with E-state index in [1.54, 1.807) is 0 Å². The van der Waals surface area contributed by atoms with Crippen LogP contribution in [0.15, 0.2) is 12.2 Å². The Morgan fingerprint density at radius 2 is 2.10 bits per heavy atom. The molecule has 55 valence electrons. The Bertz CT molecular complexity index is 159. The third-order valence-electron chi connectivity index (χ3n) is 0.606. The van der Waals surface area contributed by atoms with Gasteiger partial charge in [0.15, 0.2) is 0 Å². The van der Waals surface area contributed by atoms with Crippen molar-refractivity contribution in [3.63, 3.8) is 0 Å². The van der Waals surface area contributed by atoms with Crippen molar-refractivity contribution in [1.29, 1.82) is 0 Å². The van der Waals surface area contributed by atoms with Gasteiger partial charge in [-0.15, -0.1) is 0 Å². The molecular formula is C6H7O4. The highest BCUT2D eigenvalue weighted by Crippen LogP contribution is 1.79. The van der Waals surface area contributed by atoms with Crippen LogP contribution < -0.4 is 0 Å². The van der Waals surface area contributed by atoms with Crippen LogP contribution in [-0.4, -0.2) is 23.7 Å². The molecule has 0 aliphatic carbocycles. The zero-order valence-corrected chi connectivity index (χ0v) is 5.24. The van der Waals surface area contributed by atoms with Crippen molar-refractivity contribution in [2.45, 2.75) is 0 Å². The first-order valence-corrected chi connectivity index (χ1v) is 2.54. The van der Waals surface area contributed by atoms with Gasteiger partial charge in [-0.25, -0.2) is 9.59 Å². The highest BCUT2D eigenvalue weighted by molar-refractivity contribution is 5.90. The number of carboxylic acids is 1. The van der Waals surface area contributed by atoms with Crippen molar-refractivity contribution in [3.05, 3.63) is 19.1 Å². The van der Waals surface area contributed by atoms with Crippen molar-refractivity contribution in [1.82, 2.24) is 0 Å². The third-order valence-corrected chi connectivity index (χ3v) is 0.606. The van der Waals surface area contributed by atoms with Gasteiger partial charge in [-0.3, -0.25) is 0 Å². The van der Waals surface area contributed by atoms with Crippen LogP contribution in [0.1, 0.15) is 0 Å². The maximum Gasteiger partial charge on any atom is 0.331 e. The molecule has 10 heavy (non-hydrogen) atoms. The predicted molar refractivity (Wildman–Crippen MR) is 33.1 cm³/mol. The second-order valence-electron chi connectivity index (χ2n) is 1.34. The van der Waals surface area contributed by atoms with E-state index in [1.165, 1.54) is 0 Å². The molecule has 0 aromatic heterocycles. The number of rotatable bonds is 3. The molecule has 0 heterocycles. The second-order valence-corrected chi connectivity index (χ2v) is 1.34. The fraction of sp³-hybridized carbons (Fsp3) is 0.167. The lowest BCUT2D eigenvalue weighted by Gasteiger charge is -1.91. The van der Waals surface area contributed by atoms with Crippen LogP contribution in [0.5, 0.6) is 0 Å². The number of carboxylic acid groups (broad SMARTS) is 1. The lowest BCUT2D eigenvalue weighted by molar-refractivity contribution is -0.137. The van der Waals surface area contributed by atoms with Crippen molar-refractivity contribution in [2.75, 3.05) is 6.61 Å². The molecule has 4 nitrogen and oxygen atoms in total. The number of hydrogen-bond donors (Lipinski definition) is 1. The number of esters is 1. The van der Waals surface area contributed by atoms with Gasteiger partial charge >= 0.3 is 11.9 Å². The molecule has 0 fully saturated rings. The number of carbonyl (C=O) groups excluding carboxylic acids is 1. The van der Waals surface area contributed by atoms with Gasteiger partial charge in [-0.05, 0) is 6.92 Å². The smallest absolute Gasteiger partial charge is 0.331 e. The molecule has 0 atom stereocenters. The molecule has 1 radical (unpaired) electrons. The maximum absolute atomic E-state index is 10.3. The summed E-state index contributed by atoms with van der Waals surface area (Å²) in [5.74, 6) is -1.88. The quantitative estimate of drug-likeness (QED) is 0.446. The van der Waals surface area contributed by atoms with Crippen LogP contribution in [-0.2, 0) is 14.3 Å². The van der Waals surface area contributed by atoms with E-state index >= 15 is 0 Å². The average Bonchev–Trinajstić information content (AvgIpc) is 1.85. The van der Waals surface area contributed by atoms with Gasteiger partial charge in [0.1, 0.15) is 0 Å². The number of aliphatic carboxylic acids is 1. The van der Waals surface area contributed by atoms with Crippen LogP contribution in [0.25, 0.3) is 0 Å². The van der Waals surface area contributed by atoms with E-state index < -0.39 is 11.9 Å². The van der Waals surface area contributed by atoms with E-state index in [1.807, 2.05) is 0 Å². The van der Waals surface area contributed by atoms with Crippen molar-refractivity contribution in [3.8, 4) is 0 Å². The monoisotopic (exact) mass is 143 g/mol. The van der Waals surface area contributed by atoms with E-state index in [0.717, 1.165) is 6.08 Å². The molecule has 0 saturated carbocycles. The summed E-state index contributed by atoms with van der Waals surface area (Å²) in [7, 11) is 0. The first-order valence-electron chi connectivity index (χ1n) is 2.54. The Kier molecular flexibility index (Phi) is 3.95. The fourth-order valence-corrected chi connectivity index (χ4v) is 0.288. The van der Waals surface area contributed by atoms with Crippen LogP contribution in [0.4, 0.5) is 0 Å². The number of ether oxygens (including phenoxy) is 1. The number of hydrogen-bond acceptors (Lipinski definition) is 3. The fourth-order valence-electron chi connectivity index (χ4n) is 0.288. The van der Waals surface area contributed by atoms with Crippen LogP contribution in [0.3, 0.4) is 0 Å². The largest absolute Gasteiger partial charge is 0.478 e. The molecule has 4 heteroatoms. The van der Waals surface area contributed by atoms with E-state index in [9.17, 15) is 9.59 Å². The molecule has 0 saturated heterocycles. The van der Waals surface area contributed by atoms with E-state index in [4.69, 9.17) is 5.11 Å². The summed E-state index contributed by atoms with van der Waals surface area (Å²) < 4.78 is 4.29. The van der Waals surface area contributed by atoms with E-state index in [2.05, 4.69) is 11.7 Å². The van der Waals surface area contributed by atoms with E-state index in [-0.39, 0.29) is 6.61 Å². The molecule has 0 aliphatic rings. The van der Waals surface area contributed by atoms with Gasteiger partial charge in [0, 0.05) is 12.2 Å². The molecule has 0 aliphatic heterocycles. The van der Waals surface area contributed by atoms with Crippen LogP contribution in [0.2, 0.25) is 0 Å². The molecule has 0 bridgehead atoms. The lowest BCUT2D eigenvalue weighted by atomic mass is 10.5. The minimum absolute atomic E-state index is 0.00277. The lowest BCUT2D eigenvalue weighted by Crippen LogP contribution is -2.00. The molecular weight excluding hydrogens is 136 g/mol. The molecule has 0 spiro atoms. The topological polar surface area (TPSA) is 63.6 Å². The standard InChI is InChI=1S/C6H7O4/c1-2-10-6(9)4-3-5(7)8/h3-4H,1-2H2,(H,7,8). The summed E-state index contributed by atoms with van der Waals surface area (Å²) in [5, 5.41) is 8.02. The van der Waals surface area contributed by atoms with E-state index in [0.29, 0.717) is 6.08 Å². The highest BCUT2D eigenvalue weighted by atomic mass is 16.5. The minimum Gasteiger partial charge on any atom is -0.478 e. The van der Waals surface area contributed by atoms with Crippen molar-refractivity contribution < 1.29 is 19.4 Å². The Morgan fingerprint density at radius 1 is 1.50 bits per heavy atom. The zero-order valence-electron chi connectivity index (χ0n) is 5.24. The zero-order chi connectivity index (χ0) is 7.98. The summed E-state index contributed by atoms with van der Waals surface area (Å²) >= 11 is 0. The van der Waals surface area contributed by atoms with Crippen molar-refractivity contribution >= 4 is 11.9 Å². The summed E-state index contributed by atoms with van der Waals surface area (Å²) in [4.78, 5) is 20.1. The first-order chi connectivity index (χ1) is 4.66. The Labute approximate surface area is 58.1 Å². The Balaban J connectivity index is 3.67. The normalized spacial score (nSPS) is 9.70. The molecule has 0 unspecified atom stereocenters. The van der Waals surface area contributed by atoms with Crippen LogP contribution in [0, 0.1) is 6.92 Å². The minimum atomic E-state index is -1.18.